The van der Waals surface area contributed by atoms with Gasteiger partial charge in [-0.05, 0) is 36.8 Å². The van der Waals surface area contributed by atoms with Gasteiger partial charge in [0.25, 0.3) is 10.0 Å². The summed E-state index contributed by atoms with van der Waals surface area (Å²) in [5.74, 6) is 1.27. The molecule has 0 radical (unpaired) electrons. The average molecular weight is 321 g/mol. The molecule has 0 amide bonds. The van der Waals surface area contributed by atoms with Crippen LogP contribution < -0.4 is 4.72 Å². The molecule has 0 bridgehead atoms. The Kier molecular flexibility index (Phi) is 4.02. The molecule has 0 aliphatic rings. The lowest BCUT2D eigenvalue weighted by atomic mass is 10.2. The molecule has 0 unspecified atom stereocenters. The van der Waals surface area contributed by atoms with E-state index in [4.69, 9.17) is 11.5 Å². The van der Waals surface area contributed by atoms with Gasteiger partial charge in [-0.25, -0.2) is 13.2 Å². The average Bonchev–Trinajstić information content (AvgIpc) is 2.81. The first-order valence-corrected chi connectivity index (χ1v) is 8.06. The van der Waals surface area contributed by atoms with Crippen LogP contribution in [0, 0.1) is 19.3 Å². The number of hydrogen-bond donors (Lipinski definition) is 2. The lowest BCUT2D eigenvalue weighted by Crippen LogP contribution is -2.11. The van der Waals surface area contributed by atoms with Crippen LogP contribution in [0.15, 0.2) is 34.5 Å². The van der Waals surface area contributed by atoms with Gasteiger partial charge in [0, 0.05) is 5.56 Å². The quantitative estimate of drug-likeness (QED) is 0.848. The molecule has 21 heavy (non-hydrogen) atoms. The predicted octanol–water partition coefficient (Wildman–Crippen LogP) is 2.54. The van der Waals surface area contributed by atoms with Crippen LogP contribution in [0.1, 0.15) is 20.8 Å². The third-order valence-corrected chi connectivity index (χ3v) is 5.72. The van der Waals surface area contributed by atoms with Crippen molar-refractivity contribution in [1.82, 2.24) is 0 Å². The molecule has 0 saturated carbocycles. The number of carbonyl (C=O) groups is 1. The summed E-state index contributed by atoms with van der Waals surface area (Å²) in [6, 6.07) is 7.74. The van der Waals surface area contributed by atoms with Crippen molar-refractivity contribution >= 4 is 33.0 Å². The molecule has 7 heteroatoms. The maximum Gasteiger partial charge on any atom is 0.346 e. The van der Waals surface area contributed by atoms with E-state index in [2.05, 4.69) is 10.6 Å². The summed E-state index contributed by atoms with van der Waals surface area (Å²) >= 11 is 0.713. The van der Waals surface area contributed by atoms with Crippen LogP contribution in [-0.2, 0) is 10.0 Å². The lowest BCUT2D eigenvalue weighted by Gasteiger charge is -2.06. The molecule has 0 aliphatic carbocycles. The van der Waals surface area contributed by atoms with E-state index in [1.807, 2.05) is 0 Å². The number of carboxylic acids is 1. The highest BCUT2D eigenvalue weighted by Gasteiger charge is 2.21. The first kappa shape index (κ1) is 15.1. The molecule has 0 aliphatic heterocycles. The van der Waals surface area contributed by atoms with E-state index in [1.165, 1.54) is 12.1 Å². The minimum atomic E-state index is -3.84. The molecule has 0 atom stereocenters. The Hall–Kier alpha value is -2.30. The summed E-state index contributed by atoms with van der Waals surface area (Å²) in [5.41, 5.74) is 1.28. The number of sulfonamides is 1. The monoisotopic (exact) mass is 321 g/mol. The largest absolute Gasteiger partial charge is 0.477 e. The maximum absolute atomic E-state index is 12.2. The third kappa shape index (κ3) is 3.24. The van der Waals surface area contributed by atoms with Gasteiger partial charge >= 0.3 is 5.97 Å². The van der Waals surface area contributed by atoms with Gasteiger partial charge in [0.2, 0.25) is 0 Å². The van der Waals surface area contributed by atoms with E-state index < -0.39 is 16.0 Å². The normalized spacial score (nSPS) is 10.9. The van der Waals surface area contributed by atoms with Crippen LogP contribution in [0.2, 0.25) is 0 Å². The molecule has 5 nitrogen and oxygen atoms in total. The van der Waals surface area contributed by atoms with Crippen LogP contribution in [0.4, 0.5) is 5.69 Å². The number of rotatable bonds is 4. The Balaban J connectivity index is 2.36. The molecule has 1 heterocycles. The number of benzene rings is 1. The minimum absolute atomic E-state index is 0.00718. The van der Waals surface area contributed by atoms with E-state index in [-0.39, 0.29) is 9.09 Å². The summed E-state index contributed by atoms with van der Waals surface area (Å²) in [6.07, 6.45) is 5.26. The molecular formula is C14H11NO4S2. The summed E-state index contributed by atoms with van der Waals surface area (Å²) in [5, 5.41) is 8.98. The van der Waals surface area contributed by atoms with E-state index in [0.717, 1.165) is 0 Å². The molecule has 0 saturated heterocycles. The van der Waals surface area contributed by atoms with Crippen molar-refractivity contribution < 1.29 is 18.3 Å². The summed E-state index contributed by atoms with van der Waals surface area (Å²) in [6.45, 7) is 1.55. The van der Waals surface area contributed by atoms with E-state index in [9.17, 15) is 13.2 Å². The van der Waals surface area contributed by atoms with Crippen LogP contribution in [0.3, 0.4) is 0 Å². The van der Waals surface area contributed by atoms with Gasteiger partial charge in [0.05, 0.1) is 5.69 Å². The Labute approximate surface area is 126 Å². The van der Waals surface area contributed by atoms with Crippen molar-refractivity contribution in [2.45, 2.75) is 11.1 Å². The molecule has 0 spiro atoms. The van der Waals surface area contributed by atoms with Crippen molar-refractivity contribution in [3.05, 3.63) is 46.3 Å². The van der Waals surface area contributed by atoms with Crippen LogP contribution in [0.25, 0.3) is 0 Å². The van der Waals surface area contributed by atoms with Crippen LogP contribution in [0.5, 0.6) is 0 Å². The molecule has 2 aromatic rings. The Morgan fingerprint density at radius 2 is 2.10 bits per heavy atom. The SMILES string of the molecule is C#Cc1cccc(NS(=O)(=O)c2cc(C)c(C(=O)O)s2)c1. The minimum Gasteiger partial charge on any atom is -0.477 e. The van der Waals surface area contributed by atoms with E-state index in [0.29, 0.717) is 28.2 Å². The Morgan fingerprint density at radius 1 is 1.38 bits per heavy atom. The summed E-state index contributed by atoms with van der Waals surface area (Å²) < 4.78 is 26.8. The van der Waals surface area contributed by atoms with Gasteiger partial charge in [0.1, 0.15) is 9.09 Å². The second kappa shape index (κ2) is 5.60. The van der Waals surface area contributed by atoms with Gasteiger partial charge in [-0.1, -0.05) is 12.0 Å². The van der Waals surface area contributed by atoms with Crippen molar-refractivity contribution in [3.8, 4) is 12.3 Å². The van der Waals surface area contributed by atoms with E-state index >= 15 is 0 Å². The zero-order valence-corrected chi connectivity index (χ0v) is 12.6. The third-order valence-electron chi connectivity index (χ3n) is 2.64. The van der Waals surface area contributed by atoms with Crippen LogP contribution in [-0.4, -0.2) is 19.5 Å². The summed E-state index contributed by atoms with van der Waals surface area (Å²) in [7, 11) is -3.84. The number of aromatic carboxylic acids is 1. The van der Waals surface area contributed by atoms with Crippen LogP contribution >= 0.6 is 11.3 Å². The molecule has 1 aromatic carbocycles. The number of carboxylic acid groups (broad SMARTS) is 1. The fraction of sp³-hybridized carbons (Fsp3) is 0.0714. The first-order chi connectivity index (χ1) is 9.83. The number of nitrogens with one attached hydrogen (secondary N) is 1. The lowest BCUT2D eigenvalue weighted by molar-refractivity contribution is 0.0701. The zero-order valence-electron chi connectivity index (χ0n) is 11.0. The number of thiophene rings is 1. The highest BCUT2D eigenvalue weighted by molar-refractivity contribution is 7.94. The van der Waals surface area contributed by atoms with Gasteiger partial charge in [0.15, 0.2) is 0 Å². The highest BCUT2D eigenvalue weighted by Crippen LogP contribution is 2.27. The second-order valence-electron chi connectivity index (χ2n) is 4.21. The fourth-order valence-electron chi connectivity index (χ4n) is 1.68. The molecule has 2 rings (SSSR count). The predicted molar refractivity (Wildman–Crippen MR) is 81.2 cm³/mol. The van der Waals surface area contributed by atoms with Gasteiger partial charge < -0.3 is 5.11 Å². The molecule has 2 N–H and O–H groups in total. The standard InChI is InChI=1S/C14H11NO4S2/c1-3-10-5-4-6-11(8-10)15-21(18,19)12-7-9(2)13(20-12)14(16)17/h1,4-8,15H,2H3,(H,16,17). The van der Waals surface area contributed by atoms with Crippen molar-refractivity contribution in [2.24, 2.45) is 0 Å². The summed E-state index contributed by atoms with van der Waals surface area (Å²) in [4.78, 5) is 11.0. The Bertz CT molecular complexity index is 844. The molecular weight excluding hydrogens is 310 g/mol. The zero-order chi connectivity index (χ0) is 15.6. The number of hydrogen-bond acceptors (Lipinski definition) is 4. The fourth-order valence-corrected chi connectivity index (χ4v) is 4.10. The number of aryl methyl sites for hydroxylation is 1. The van der Waals surface area contributed by atoms with E-state index in [1.54, 1.807) is 25.1 Å². The van der Waals surface area contributed by atoms with Gasteiger partial charge in [-0.15, -0.1) is 17.8 Å². The van der Waals surface area contributed by atoms with Gasteiger partial charge in [-0.3, -0.25) is 4.72 Å². The highest BCUT2D eigenvalue weighted by atomic mass is 32.2. The number of terminal acetylenes is 1. The van der Waals surface area contributed by atoms with Crippen molar-refractivity contribution in [1.29, 1.82) is 0 Å². The first-order valence-electron chi connectivity index (χ1n) is 5.76. The van der Waals surface area contributed by atoms with Crippen molar-refractivity contribution in [3.63, 3.8) is 0 Å². The molecule has 1 aromatic heterocycles. The maximum atomic E-state index is 12.2. The second-order valence-corrected chi connectivity index (χ2v) is 7.17. The molecule has 0 fully saturated rings. The topological polar surface area (TPSA) is 83.5 Å². The van der Waals surface area contributed by atoms with Gasteiger partial charge in [-0.2, -0.15) is 0 Å². The smallest absolute Gasteiger partial charge is 0.346 e. The van der Waals surface area contributed by atoms with Crippen molar-refractivity contribution in [2.75, 3.05) is 4.72 Å². The molecule has 108 valence electrons. The number of anilines is 1. The Morgan fingerprint density at radius 3 is 2.67 bits per heavy atom.